The van der Waals surface area contributed by atoms with Crippen LogP contribution in [0.3, 0.4) is 0 Å². The van der Waals surface area contributed by atoms with Gasteiger partial charge in [0.2, 0.25) is 0 Å². The molecule has 0 saturated carbocycles. The predicted molar refractivity (Wildman–Crippen MR) is 145 cm³/mol. The average molecular weight is 464 g/mol. The standard InChI is InChI=1S/C32H33NO2/c1-3-31(26-13-8-5-9-14-26)32(28-15-10-16-29(34)23-28)27-17-19-30(20-18-27)35-22-21-33(2)24-25-11-6-4-7-12-25/h4-20,23,34H,3,21-22,24H2,1-2H3/b32-31+. The summed E-state index contributed by atoms with van der Waals surface area (Å²) in [6, 6.07) is 36.7. The van der Waals surface area contributed by atoms with E-state index in [1.54, 1.807) is 6.07 Å². The SMILES string of the molecule is CC/C(=C(/c1ccc(OCCN(C)Cc2ccccc2)cc1)c1cccc(O)c1)c1ccccc1. The number of allylic oxidation sites excluding steroid dienone is 1. The molecule has 3 heteroatoms. The van der Waals surface area contributed by atoms with Crippen molar-refractivity contribution < 1.29 is 9.84 Å². The number of likely N-dealkylation sites (N-methyl/N-ethyl adjacent to an activating group) is 1. The van der Waals surface area contributed by atoms with Crippen molar-refractivity contribution in [2.75, 3.05) is 20.2 Å². The minimum atomic E-state index is 0.267. The molecule has 0 aliphatic rings. The largest absolute Gasteiger partial charge is 0.508 e. The Balaban J connectivity index is 1.52. The smallest absolute Gasteiger partial charge is 0.119 e. The minimum absolute atomic E-state index is 0.267. The van der Waals surface area contributed by atoms with Crippen molar-refractivity contribution in [2.24, 2.45) is 0 Å². The fourth-order valence-corrected chi connectivity index (χ4v) is 4.35. The number of hydrogen-bond acceptors (Lipinski definition) is 3. The molecule has 178 valence electrons. The number of rotatable bonds is 10. The summed E-state index contributed by atoms with van der Waals surface area (Å²) in [6.07, 6.45) is 0.876. The Morgan fingerprint density at radius 3 is 2.06 bits per heavy atom. The molecule has 0 aromatic heterocycles. The molecule has 0 aliphatic heterocycles. The molecule has 1 N–H and O–H groups in total. The van der Waals surface area contributed by atoms with E-state index in [9.17, 15) is 5.11 Å². The molecule has 0 saturated heterocycles. The first-order chi connectivity index (χ1) is 17.1. The van der Waals surface area contributed by atoms with Gasteiger partial charge in [0, 0.05) is 13.1 Å². The van der Waals surface area contributed by atoms with Crippen LogP contribution in [0, 0.1) is 0 Å². The molecule has 0 amide bonds. The van der Waals surface area contributed by atoms with Crippen LogP contribution in [0.25, 0.3) is 11.1 Å². The van der Waals surface area contributed by atoms with Crippen LogP contribution in [0.5, 0.6) is 11.5 Å². The lowest BCUT2D eigenvalue weighted by molar-refractivity contribution is 0.233. The van der Waals surface area contributed by atoms with Gasteiger partial charge in [0.25, 0.3) is 0 Å². The van der Waals surface area contributed by atoms with E-state index in [2.05, 4.69) is 85.6 Å². The molecule has 4 rings (SSSR count). The van der Waals surface area contributed by atoms with E-state index in [-0.39, 0.29) is 5.75 Å². The van der Waals surface area contributed by atoms with Gasteiger partial charge in [-0.05, 0) is 71.1 Å². The van der Waals surface area contributed by atoms with E-state index in [1.165, 1.54) is 16.7 Å². The van der Waals surface area contributed by atoms with Gasteiger partial charge in [-0.15, -0.1) is 0 Å². The van der Waals surface area contributed by atoms with Gasteiger partial charge < -0.3 is 9.84 Å². The Morgan fingerprint density at radius 2 is 1.40 bits per heavy atom. The Morgan fingerprint density at radius 1 is 0.743 bits per heavy atom. The Hall–Kier alpha value is -3.82. The lowest BCUT2D eigenvalue weighted by atomic mass is 9.88. The molecule has 0 bridgehead atoms. The fourth-order valence-electron chi connectivity index (χ4n) is 4.35. The van der Waals surface area contributed by atoms with Crippen LogP contribution in [0.1, 0.15) is 35.6 Å². The van der Waals surface area contributed by atoms with Crippen LogP contribution in [-0.2, 0) is 6.54 Å². The van der Waals surface area contributed by atoms with Gasteiger partial charge in [-0.2, -0.15) is 0 Å². The van der Waals surface area contributed by atoms with Crippen LogP contribution in [0.4, 0.5) is 0 Å². The second kappa shape index (κ2) is 12.0. The van der Waals surface area contributed by atoms with E-state index in [0.717, 1.165) is 42.0 Å². The van der Waals surface area contributed by atoms with Crippen molar-refractivity contribution in [3.8, 4) is 11.5 Å². The van der Waals surface area contributed by atoms with Gasteiger partial charge in [-0.3, -0.25) is 4.90 Å². The van der Waals surface area contributed by atoms with Crippen LogP contribution in [0.15, 0.2) is 109 Å². The third-order valence-corrected chi connectivity index (χ3v) is 6.09. The molecule has 0 heterocycles. The molecule has 0 aliphatic carbocycles. The summed E-state index contributed by atoms with van der Waals surface area (Å²) in [7, 11) is 2.11. The number of hydrogen-bond donors (Lipinski definition) is 1. The van der Waals surface area contributed by atoms with Gasteiger partial charge in [0.05, 0.1) is 0 Å². The highest BCUT2D eigenvalue weighted by molar-refractivity contribution is 5.98. The summed E-state index contributed by atoms with van der Waals surface area (Å²) < 4.78 is 6.05. The molecule has 0 atom stereocenters. The van der Waals surface area contributed by atoms with E-state index in [0.29, 0.717) is 6.61 Å². The molecule has 4 aromatic carbocycles. The first-order valence-corrected chi connectivity index (χ1v) is 12.2. The maximum atomic E-state index is 10.2. The lowest BCUT2D eigenvalue weighted by Crippen LogP contribution is -2.23. The summed E-state index contributed by atoms with van der Waals surface area (Å²) >= 11 is 0. The molecule has 0 radical (unpaired) electrons. The fraction of sp³-hybridized carbons (Fsp3) is 0.188. The minimum Gasteiger partial charge on any atom is -0.508 e. The predicted octanol–water partition coefficient (Wildman–Crippen LogP) is 7.27. The van der Waals surface area contributed by atoms with Gasteiger partial charge in [0.1, 0.15) is 18.1 Å². The summed E-state index contributed by atoms with van der Waals surface area (Å²) in [4.78, 5) is 2.26. The maximum Gasteiger partial charge on any atom is 0.119 e. The van der Waals surface area contributed by atoms with E-state index in [1.807, 2.05) is 36.4 Å². The maximum absolute atomic E-state index is 10.2. The third-order valence-electron chi connectivity index (χ3n) is 6.09. The molecular formula is C32H33NO2. The number of phenolic OH excluding ortho intramolecular Hbond substituents is 1. The average Bonchev–Trinajstić information content (AvgIpc) is 2.89. The van der Waals surface area contributed by atoms with E-state index < -0.39 is 0 Å². The molecule has 35 heavy (non-hydrogen) atoms. The zero-order valence-electron chi connectivity index (χ0n) is 20.5. The molecule has 0 fully saturated rings. The third kappa shape index (κ3) is 6.62. The highest BCUT2D eigenvalue weighted by atomic mass is 16.5. The van der Waals surface area contributed by atoms with Crippen molar-refractivity contribution in [1.29, 1.82) is 0 Å². The number of phenols is 1. The lowest BCUT2D eigenvalue weighted by Gasteiger charge is -2.18. The summed E-state index contributed by atoms with van der Waals surface area (Å²) in [5, 5.41) is 10.2. The van der Waals surface area contributed by atoms with E-state index >= 15 is 0 Å². The number of nitrogens with zero attached hydrogens (tertiary/aromatic N) is 1. The monoisotopic (exact) mass is 463 g/mol. The normalized spacial score (nSPS) is 11.9. The topological polar surface area (TPSA) is 32.7 Å². The van der Waals surface area contributed by atoms with Gasteiger partial charge in [-0.25, -0.2) is 0 Å². The first-order valence-electron chi connectivity index (χ1n) is 12.2. The van der Waals surface area contributed by atoms with Gasteiger partial charge in [-0.1, -0.05) is 91.9 Å². The van der Waals surface area contributed by atoms with Crippen molar-refractivity contribution in [3.05, 3.63) is 131 Å². The highest BCUT2D eigenvalue weighted by Crippen LogP contribution is 2.36. The summed E-state index contributed by atoms with van der Waals surface area (Å²) in [6.45, 7) is 4.55. The first kappa shape index (κ1) is 24.3. The van der Waals surface area contributed by atoms with Crippen molar-refractivity contribution in [3.63, 3.8) is 0 Å². The van der Waals surface area contributed by atoms with E-state index in [4.69, 9.17) is 4.74 Å². The number of ether oxygens (including phenoxy) is 1. The Bertz CT molecular complexity index is 1230. The van der Waals surface area contributed by atoms with Crippen LogP contribution in [0.2, 0.25) is 0 Å². The number of aromatic hydroxyl groups is 1. The molecule has 3 nitrogen and oxygen atoms in total. The Kier molecular flexibility index (Phi) is 8.37. The van der Waals surface area contributed by atoms with Crippen molar-refractivity contribution >= 4 is 11.1 Å². The van der Waals surface area contributed by atoms with Crippen LogP contribution < -0.4 is 4.74 Å². The zero-order chi connectivity index (χ0) is 24.5. The van der Waals surface area contributed by atoms with Gasteiger partial charge in [0.15, 0.2) is 0 Å². The quantitative estimate of drug-likeness (QED) is 0.251. The molecule has 4 aromatic rings. The zero-order valence-corrected chi connectivity index (χ0v) is 20.5. The van der Waals surface area contributed by atoms with Gasteiger partial charge >= 0.3 is 0 Å². The van der Waals surface area contributed by atoms with Crippen molar-refractivity contribution in [2.45, 2.75) is 19.9 Å². The summed E-state index contributed by atoms with van der Waals surface area (Å²) in [5.74, 6) is 1.12. The Labute approximate surface area is 209 Å². The second-order valence-electron chi connectivity index (χ2n) is 8.72. The summed E-state index contributed by atoms with van der Waals surface area (Å²) in [5.41, 5.74) is 6.97. The molecule has 0 unspecified atom stereocenters. The number of benzene rings is 4. The van der Waals surface area contributed by atoms with Crippen LogP contribution >= 0.6 is 0 Å². The van der Waals surface area contributed by atoms with Crippen molar-refractivity contribution in [1.82, 2.24) is 4.90 Å². The van der Waals surface area contributed by atoms with Crippen LogP contribution in [-0.4, -0.2) is 30.2 Å². The highest BCUT2D eigenvalue weighted by Gasteiger charge is 2.14. The molecular weight excluding hydrogens is 430 g/mol. The second-order valence-corrected chi connectivity index (χ2v) is 8.72. The molecule has 0 spiro atoms.